The Kier molecular flexibility index (Phi) is 6.47. The molecular formula is C12H16BrN3O2. The van der Waals surface area contributed by atoms with Crippen LogP contribution < -0.4 is 10.9 Å². The fourth-order valence-corrected chi connectivity index (χ4v) is 1.86. The minimum absolute atomic E-state index is 0.113. The van der Waals surface area contributed by atoms with Gasteiger partial charge in [0.05, 0.1) is 25.0 Å². The molecule has 0 aliphatic heterocycles. The van der Waals surface area contributed by atoms with Gasteiger partial charge in [0, 0.05) is 13.0 Å². The van der Waals surface area contributed by atoms with Crippen LogP contribution in [-0.2, 0) is 6.54 Å². The monoisotopic (exact) mass is 313 g/mol. The Morgan fingerprint density at radius 2 is 2.33 bits per heavy atom. The molecule has 18 heavy (non-hydrogen) atoms. The SMILES string of the molecule is C#CCCCCNc1cnn(CCO)c(=O)c1Br. The molecule has 0 aliphatic rings. The van der Waals surface area contributed by atoms with Crippen molar-refractivity contribution >= 4 is 21.6 Å². The molecule has 1 heterocycles. The molecule has 98 valence electrons. The van der Waals surface area contributed by atoms with Crippen LogP contribution in [0.3, 0.4) is 0 Å². The van der Waals surface area contributed by atoms with E-state index in [1.54, 1.807) is 6.20 Å². The summed E-state index contributed by atoms with van der Waals surface area (Å²) in [5.74, 6) is 2.58. The van der Waals surface area contributed by atoms with E-state index in [2.05, 4.69) is 32.3 Å². The number of aliphatic hydroxyl groups excluding tert-OH is 1. The first-order valence-corrected chi connectivity index (χ1v) is 6.53. The molecule has 1 rings (SSSR count). The maximum absolute atomic E-state index is 11.8. The summed E-state index contributed by atoms with van der Waals surface area (Å²) in [6, 6.07) is 0. The smallest absolute Gasteiger partial charge is 0.283 e. The number of halogens is 1. The minimum atomic E-state index is -0.252. The first kappa shape index (κ1) is 14.7. The van der Waals surface area contributed by atoms with E-state index in [9.17, 15) is 4.79 Å². The molecule has 2 N–H and O–H groups in total. The molecule has 0 radical (unpaired) electrons. The lowest BCUT2D eigenvalue weighted by atomic mass is 10.2. The maximum atomic E-state index is 11.8. The lowest BCUT2D eigenvalue weighted by molar-refractivity contribution is 0.266. The van der Waals surface area contributed by atoms with Crippen LogP contribution in [-0.4, -0.2) is 28.0 Å². The van der Waals surface area contributed by atoms with E-state index in [1.807, 2.05) is 0 Å². The van der Waals surface area contributed by atoms with E-state index < -0.39 is 0 Å². The van der Waals surface area contributed by atoms with E-state index in [-0.39, 0.29) is 18.7 Å². The molecule has 0 amide bonds. The van der Waals surface area contributed by atoms with E-state index in [0.29, 0.717) is 10.2 Å². The molecule has 1 aromatic heterocycles. The van der Waals surface area contributed by atoms with Gasteiger partial charge in [-0.3, -0.25) is 4.79 Å². The first-order chi connectivity index (χ1) is 8.70. The van der Waals surface area contributed by atoms with E-state index in [0.717, 1.165) is 25.8 Å². The Labute approximate surface area is 114 Å². The van der Waals surface area contributed by atoms with Crippen LogP contribution in [0.25, 0.3) is 0 Å². The van der Waals surface area contributed by atoms with Crippen molar-refractivity contribution in [3.63, 3.8) is 0 Å². The second-order valence-electron chi connectivity index (χ2n) is 3.71. The molecule has 0 bridgehead atoms. The average Bonchev–Trinajstić information content (AvgIpc) is 2.37. The zero-order valence-corrected chi connectivity index (χ0v) is 11.6. The number of terminal acetylenes is 1. The minimum Gasteiger partial charge on any atom is -0.394 e. The summed E-state index contributed by atoms with van der Waals surface area (Å²) in [5, 5.41) is 15.9. The van der Waals surface area contributed by atoms with Gasteiger partial charge < -0.3 is 10.4 Å². The summed E-state index contributed by atoms with van der Waals surface area (Å²) in [6.45, 7) is 0.823. The molecule has 0 spiro atoms. The van der Waals surface area contributed by atoms with Gasteiger partial charge in [0.15, 0.2) is 0 Å². The molecule has 0 fully saturated rings. The summed E-state index contributed by atoms with van der Waals surface area (Å²) >= 11 is 3.23. The number of anilines is 1. The zero-order valence-electron chi connectivity index (χ0n) is 10.0. The zero-order chi connectivity index (χ0) is 13.4. The Hall–Kier alpha value is -1.32. The third kappa shape index (κ3) is 4.17. The van der Waals surface area contributed by atoms with E-state index >= 15 is 0 Å². The lowest BCUT2D eigenvalue weighted by Crippen LogP contribution is -2.26. The van der Waals surface area contributed by atoms with Crippen molar-refractivity contribution < 1.29 is 5.11 Å². The summed E-state index contributed by atoms with van der Waals surface area (Å²) in [7, 11) is 0. The number of rotatable bonds is 7. The fraction of sp³-hybridized carbons (Fsp3) is 0.500. The number of unbranched alkanes of at least 4 members (excludes halogenated alkanes) is 2. The van der Waals surface area contributed by atoms with Gasteiger partial charge in [0.1, 0.15) is 4.47 Å². The predicted molar refractivity (Wildman–Crippen MR) is 74.5 cm³/mol. The summed E-state index contributed by atoms with van der Waals surface area (Å²) in [5.41, 5.74) is 0.410. The van der Waals surface area contributed by atoms with Crippen molar-refractivity contribution in [1.82, 2.24) is 9.78 Å². The third-order valence-electron chi connectivity index (χ3n) is 2.36. The van der Waals surface area contributed by atoms with Crippen molar-refractivity contribution in [2.45, 2.75) is 25.8 Å². The Balaban J connectivity index is 2.60. The molecule has 0 aromatic carbocycles. The highest BCUT2D eigenvalue weighted by atomic mass is 79.9. The normalized spacial score (nSPS) is 10.1. The van der Waals surface area contributed by atoms with Crippen LogP contribution in [0.2, 0.25) is 0 Å². The van der Waals surface area contributed by atoms with Gasteiger partial charge in [0.25, 0.3) is 5.56 Å². The maximum Gasteiger partial charge on any atom is 0.283 e. The van der Waals surface area contributed by atoms with E-state index in [1.165, 1.54) is 4.68 Å². The average molecular weight is 314 g/mol. The van der Waals surface area contributed by atoms with Crippen molar-refractivity contribution in [3.05, 3.63) is 21.0 Å². The molecule has 0 unspecified atom stereocenters. The highest BCUT2D eigenvalue weighted by Crippen LogP contribution is 2.16. The van der Waals surface area contributed by atoms with Crippen molar-refractivity contribution in [1.29, 1.82) is 0 Å². The second kappa shape index (κ2) is 7.90. The van der Waals surface area contributed by atoms with Crippen molar-refractivity contribution in [2.24, 2.45) is 0 Å². The van der Waals surface area contributed by atoms with Crippen LogP contribution in [0.15, 0.2) is 15.5 Å². The van der Waals surface area contributed by atoms with Gasteiger partial charge in [-0.2, -0.15) is 5.10 Å². The molecule has 0 saturated heterocycles. The van der Waals surface area contributed by atoms with Crippen molar-refractivity contribution in [3.8, 4) is 12.3 Å². The summed E-state index contributed by atoms with van der Waals surface area (Å²) in [4.78, 5) is 11.8. The first-order valence-electron chi connectivity index (χ1n) is 5.74. The van der Waals surface area contributed by atoms with Gasteiger partial charge >= 0.3 is 0 Å². The van der Waals surface area contributed by atoms with Gasteiger partial charge in [-0.05, 0) is 28.8 Å². The number of nitrogens with zero attached hydrogens (tertiary/aromatic N) is 2. The van der Waals surface area contributed by atoms with Gasteiger partial charge in [0.2, 0.25) is 0 Å². The predicted octanol–water partition coefficient (Wildman–Crippen LogP) is 1.21. The van der Waals surface area contributed by atoms with E-state index in [4.69, 9.17) is 11.5 Å². The number of aromatic nitrogens is 2. The molecule has 0 aliphatic carbocycles. The Morgan fingerprint density at radius 3 is 3.00 bits per heavy atom. The largest absolute Gasteiger partial charge is 0.394 e. The Morgan fingerprint density at radius 1 is 1.56 bits per heavy atom. The van der Waals surface area contributed by atoms with Crippen LogP contribution in [0, 0.1) is 12.3 Å². The van der Waals surface area contributed by atoms with Gasteiger partial charge in [-0.25, -0.2) is 4.68 Å². The van der Waals surface area contributed by atoms with Crippen LogP contribution in [0.4, 0.5) is 5.69 Å². The van der Waals surface area contributed by atoms with Crippen molar-refractivity contribution in [2.75, 3.05) is 18.5 Å². The molecule has 0 atom stereocenters. The lowest BCUT2D eigenvalue weighted by Gasteiger charge is -2.09. The number of nitrogens with one attached hydrogen (secondary N) is 1. The fourth-order valence-electron chi connectivity index (χ4n) is 1.42. The Bertz CT molecular complexity index is 479. The van der Waals surface area contributed by atoms with Crippen LogP contribution in [0.1, 0.15) is 19.3 Å². The van der Waals surface area contributed by atoms with Crippen LogP contribution >= 0.6 is 15.9 Å². The van der Waals surface area contributed by atoms with Gasteiger partial charge in [-0.1, -0.05) is 0 Å². The summed E-state index contributed by atoms with van der Waals surface area (Å²) in [6.07, 6.45) is 9.39. The number of hydrogen-bond acceptors (Lipinski definition) is 4. The summed E-state index contributed by atoms with van der Waals surface area (Å²) < 4.78 is 1.65. The number of aliphatic hydroxyl groups is 1. The molecule has 1 aromatic rings. The molecular weight excluding hydrogens is 298 g/mol. The quantitative estimate of drug-likeness (QED) is 0.586. The molecule has 0 saturated carbocycles. The third-order valence-corrected chi connectivity index (χ3v) is 3.13. The second-order valence-corrected chi connectivity index (χ2v) is 4.51. The number of hydrogen-bond donors (Lipinski definition) is 2. The highest BCUT2D eigenvalue weighted by Gasteiger charge is 2.07. The molecule has 5 nitrogen and oxygen atoms in total. The standard InChI is InChI=1S/C12H16BrN3O2/c1-2-3-4-5-6-14-10-9-15-16(7-8-17)12(18)11(10)13/h1,9,14,17H,3-8H2. The molecule has 6 heteroatoms. The highest BCUT2D eigenvalue weighted by molar-refractivity contribution is 9.10. The van der Waals surface area contributed by atoms with Crippen LogP contribution in [0.5, 0.6) is 0 Å². The topological polar surface area (TPSA) is 67.2 Å². The van der Waals surface area contributed by atoms with Gasteiger partial charge in [-0.15, -0.1) is 12.3 Å².